The monoisotopic (exact) mass is 341 g/mol. The Labute approximate surface area is 152 Å². The molecule has 0 saturated heterocycles. The Morgan fingerprint density at radius 1 is 0.920 bits per heavy atom. The SMILES string of the molecule is CCN(CC)CC(O)COc1ccc(C(C)(C)c2ccccc2)cc1. The first kappa shape index (κ1) is 19.5. The summed E-state index contributed by atoms with van der Waals surface area (Å²) in [6.45, 7) is 11.5. The van der Waals surface area contributed by atoms with Crippen molar-refractivity contribution in [1.29, 1.82) is 0 Å². The van der Waals surface area contributed by atoms with Gasteiger partial charge in [-0.3, -0.25) is 0 Å². The van der Waals surface area contributed by atoms with E-state index in [1.807, 2.05) is 18.2 Å². The Balaban J connectivity index is 1.96. The van der Waals surface area contributed by atoms with Crippen LogP contribution < -0.4 is 4.74 Å². The molecule has 0 spiro atoms. The average Bonchev–Trinajstić information content (AvgIpc) is 2.65. The number of benzene rings is 2. The molecule has 1 unspecified atom stereocenters. The van der Waals surface area contributed by atoms with Crippen molar-refractivity contribution in [1.82, 2.24) is 4.90 Å². The van der Waals surface area contributed by atoms with Crippen LogP contribution in [0, 0.1) is 0 Å². The van der Waals surface area contributed by atoms with Gasteiger partial charge in [0.2, 0.25) is 0 Å². The van der Waals surface area contributed by atoms with E-state index in [-0.39, 0.29) is 5.41 Å². The summed E-state index contributed by atoms with van der Waals surface area (Å²) >= 11 is 0. The summed E-state index contributed by atoms with van der Waals surface area (Å²) in [5.41, 5.74) is 2.48. The maximum Gasteiger partial charge on any atom is 0.119 e. The van der Waals surface area contributed by atoms with Crippen LogP contribution in [0.3, 0.4) is 0 Å². The minimum atomic E-state index is -0.472. The summed E-state index contributed by atoms with van der Waals surface area (Å²) in [7, 11) is 0. The Morgan fingerprint density at radius 2 is 1.48 bits per heavy atom. The second-order valence-electron chi connectivity index (χ2n) is 6.97. The lowest BCUT2D eigenvalue weighted by molar-refractivity contribution is 0.0716. The zero-order chi connectivity index (χ0) is 18.3. The van der Waals surface area contributed by atoms with Crippen LogP contribution in [0.25, 0.3) is 0 Å². The van der Waals surface area contributed by atoms with Gasteiger partial charge in [-0.15, -0.1) is 0 Å². The van der Waals surface area contributed by atoms with E-state index in [2.05, 4.69) is 69.0 Å². The van der Waals surface area contributed by atoms with Crippen LogP contribution in [-0.2, 0) is 5.41 Å². The Morgan fingerprint density at radius 3 is 2.04 bits per heavy atom. The molecule has 0 aliphatic carbocycles. The van der Waals surface area contributed by atoms with E-state index >= 15 is 0 Å². The number of hydrogen-bond acceptors (Lipinski definition) is 3. The van der Waals surface area contributed by atoms with Crippen molar-refractivity contribution < 1.29 is 9.84 Å². The lowest BCUT2D eigenvalue weighted by Crippen LogP contribution is -2.35. The van der Waals surface area contributed by atoms with Gasteiger partial charge in [-0.05, 0) is 36.3 Å². The summed E-state index contributed by atoms with van der Waals surface area (Å²) in [6, 6.07) is 18.7. The van der Waals surface area contributed by atoms with Gasteiger partial charge in [0.25, 0.3) is 0 Å². The number of aliphatic hydroxyl groups is 1. The van der Waals surface area contributed by atoms with Crippen molar-refractivity contribution in [3.63, 3.8) is 0 Å². The topological polar surface area (TPSA) is 32.7 Å². The highest BCUT2D eigenvalue weighted by molar-refractivity contribution is 5.39. The van der Waals surface area contributed by atoms with E-state index in [4.69, 9.17) is 4.74 Å². The lowest BCUT2D eigenvalue weighted by atomic mass is 9.78. The number of aliphatic hydroxyl groups excluding tert-OH is 1. The van der Waals surface area contributed by atoms with Gasteiger partial charge in [0.1, 0.15) is 18.5 Å². The van der Waals surface area contributed by atoms with Gasteiger partial charge in [0.05, 0.1) is 0 Å². The number of hydrogen-bond donors (Lipinski definition) is 1. The van der Waals surface area contributed by atoms with Crippen LogP contribution in [0.15, 0.2) is 54.6 Å². The summed E-state index contributed by atoms with van der Waals surface area (Å²) in [6.07, 6.45) is -0.472. The standard InChI is InChI=1S/C22H31NO2/c1-5-23(6-2)16-20(24)17-25-21-14-12-19(13-15-21)22(3,4)18-10-8-7-9-11-18/h7-15,20,24H,5-6,16-17H2,1-4H3. The minimum Gasteiger partial charge on any atom is -0.491 e. The normalized spacial score (nSPS) is 13.0. The van der Waals surface area contributed by atoms with Crippen LogP contribution in [-0.4, -0.2) is 42.4 Å². The molecule has 2 aromatic rings. The van der Waals surface area contributed by atoms with E-state index in [1.54, 1.807) is 0 Å². The number of rotatable bonds is 9. The van der Waals surface area contributed by atoms with E-state index in [0.717, 1.165) is 18.8 Å². The first-order valence-electron chi connectivity index (χ1n) is 9.16. The molecule has 3 heteroatoms. The second-order valence-corrected chi connectivity index (χ2v) is 6.97. The molecule has 0 amide bonds. The fraction of sp³-hybridized carbons (Fsp3) is 0.455. The van der Waals surface area contributed by atoms with E-state index in [0.29, 0.717) is 13.2 Å². The van der Waals surface area contributed by atoms with Gasteiger partial charge >= 0.3 is 0 Å². The molecule has 25 heavy (non-hydrogen) atoms. The van der Waals surface area contributed by atoms with E-state index in [1.165, 1.54) is 11.1 Å². The van der Waals surface area contributed by atoms with Crippen LogP contribution >= 0.6 is 0 Å². The van der Waals surface area contributed by atoms with Crippen molar-refractivity contribution in [2.24, 2.45) is 0 Å². The van der Waals surface area contributed by atoms with Gasteiger partial charge in [0.15, 0.2) is 0 Å². The summed E-state index contributed by atoms with van der Waals surface area (Å²) < 4.78 is 5.75. The molecule has 1 atom stereocenters. The molecule has 0 saturated carbocycles. The Hall–Kier alpha value is -1.84. The van der Waals surface area contributed by atoms with E-state index in [9.17, 15) is 5.11 Å². The van der Waals surface area contributed by atoms with Crippen LogP contribution in [0.2, 0.25) is 0 Å². The maximum atomic E-state index is 10.1. The number of ether oxygens (including phenoxy) is 1. The number of nitrogens with zero attached hydrogens (tertiary/aromatic N) is 1. The van der Waals surface area contributed by atoms with Gasteiger partial charge in [-0.2, -0.15) is 0 Å². The highest BCUT2D eigenvalue weighted by Crippen LogP contribution is 2.32. The van der Waals surface area contributed by atoms with Gasteiger partial charge in [-0.25, -0.2) is 0 Å². The lowest BCUT2D eigenvalue weighted by Gasteiger charge is -2.26. The third-order valence-corrected chi connectivity index (χ3v) is 4.88. The Kier molecular flexibility index (Phi) is 7.03. The zero-order valence-electron chi connectivity index (χ0n) is 15.9. The number of likely N-dealkylation sites (N-methyl/N-ethyl adjacent to an activating group) is 1. The van der Waals surface area contributed by atoms with Crippen molar-refractivity contribution >= 4 is 0 Å². The summed E-state index contributed by atoms with van der Waals surface area (Å²) in [4.78, 5) is 2.19. The van der Waals surface area contributed by atoms with Crippen molar-refractivity contribution in [2.75, 3.05) is 26.2 Å². The van der Waals surface area contributed by atoms with Crippen LogP contribution in [0.1, 0.15) is 38.8 Å². The molecule has 2 aromatic carbocycles. The molecule has 0 aliphatic heterocycles. The molecular weight excluding hydrogens is 310 g/mol. The second kappa shape index (κ2) is 9.02. The predicted molar refractivity (Wildman–Crippen MR) is 104 cm³/mol. The average molecular weight is 341 g/mol. The maximum absolute atomic E-state index is 10.1. The van der Waals surface area contributed by atoms with Crippen LogP contribution in [0.5, 0.6) is 5.75 Å². The van der Waals surface area contributed by atoms with Gasteiger partial charge in [0, 0.05) is 12.0 Å². The van der Waals surface area contributed by atoms with E-state index < -0.39 is 6.10 Å². The summed E-state index contributed by atoms with van der Waals surface area (Å²) in [5.74, 6) is 0.797. The predicted octanol–water partition coefficient (Wildman–Crippen LogP) is 4.09. The van der Waals surface area contributed by atoms with Gasteiger partial charge in [-0.1, -0.05) is 70.2 Å². The quantitative estimate of drug-likeness (QED) is 0.745. The van der Waals surface area contributed by atoms with Crippen molar-refractivity contribution in [2.45, 2.75) is 39.2 Å². The molecule has 1 N–H and O–H groups in total. The highest BCUT2D eigenvalue weighted by atomic mass is 16.5. The van der Waals surface area contributed by atoms with Crippen molar-refractivity contribution in [3.05, 3.63) is 65.7 Å². The molecule has 0 bridgehead atoms. The first-order chi connectivity index (χ1) is 12.0. The molecule has 2 rings (SSSR count). The molecule has 3 nitrogen and oxygen atoms in total. The van der Waals surface area contributed by atoms with Crippen molar-refractivity contribution in [3.8, 4) is 5.75 Å². The molecule has 0 radical (unpaired) electrons. The third-order valence-electron chi connectivity index (χ3n) is 4.88. The zero-order valence-corrected chi connectivity index (χ0v) is 15.9. The minimum absolute atomic E-state index is 0.0535. The molecule has 0 aromatic heterocycles. The van der Waals surface area contributed by atoms with Gasteiger partial charge < -0.3 is 14.7 Å². The molecule has 0 heterocycles. The first-order valence-corrected chi connectivity index (χ1v) is 9.16. The highest BCUT2D eigenvalue weighted by Gasteiger charge is 2.22. The molecule has 0 fully saturated rings. The smallest absolute Gasteiger partial charge is 0.119 e. The third kappa shape index (κ3) is 5.32. The largest absolute Gasteiger partial charge is 0.491 e. The molecule has 0 aliphatic rings. The molecule has 136 valence electrons. The fourth-order valence-corrected chi connectivity index (χ4v) is 3.01. The Bertz CT molecular complexity index is 618. The molecular formula is C22H31NO2. The fourth-order valence-electron chi connectivity index (χ4n) is 3.01. The van der Waals surface area contributed by atoms with Crippen LogP contribution in [0.4, 0.5) is 0 Å². The summed E-state index contributed by atoms with van der Waals surface area (Å²) in [5, 5.41) is 10.1.